The predicted molar refractivity (Wildman–Crippen MR) is 104 cm³/mol. The molecule has 1 aromatic rings. The molecule has 0 unspecified atom stereocenters. The molecule has 0 aromatic carbocycles. The third-order valence-corrected chi connectivity index (χ3v) is 5.06. The van der Waals surface area contributed by atoms with Gasteiger partial charge in [-0.2, -0.15) is 20.0 Å². The SMILES string of the molecule is CC(=O)N(C(C)=O)N(C)c1nc(N2CCCCC2)nc(N2CCCCC2)n1. The zero-order chi connectivity index (χ0) is 19.4. The van der Waals surface area contributed by atoms with Crippen molar-refractivity contribution in [2.75, 3.05) is 48.0 Å². The number of imide groups is 1. The molecule has 0 saturated carbocycles. The summed E-state index contributed by atoms with van der Waals surface area (Å²) in [5, 5.41) is 2.47. The van der Waals surface area contributed by atoms with Gasteiger partial charge in [0.1, 0.15) is 0 Å². The van der Waals surface area contributed by atoms with Gasteiger partial charge >= 0.3 is 0 Å². The quantitative estimate of drug-likeness (QED) is 0.734. The van der Waals surface area contributed by atoms with Crippen LogP contribution in [0.15, 0.2) is 0 Å². The zero-order valence-corrected chi connectivity index (χ0v) is 16.5. The average Bonchev–Trinajstić information content (AvgIpc) is 2.68. The first kappa shape index (κ1) is 19.3. The summed E-state index contributed by atoms with van der Waals surface area (Å²) in [4.78, 5) is 42.1. The Balaban J connectivity index is 1.97. The maximum Gasteiger partial charge on any atom is 0.251 e. The van der Waals surface area contributed by atoms with E-state index in [2.05, 4.69) is 19.8 Å². The average molecular weight is 375 g/mol. The topological polar surface area (TPSA) is 85.8 Å². The van der Waals surface area contributed by atoms with Gasteiger partial charge in [-0.05, 0) is 38.5 Å². The summed E-state index contributed by atoms with van der Waals surface area (Å²) in [6, 6.07) is 0. The molecule has 27 heavy (non-hydrogen) atoms. The van der Waals surface area contributed by atoms with E-state index in [9.17, 15) is 9.59 Å². The van der Waals surface area contributed by atoms with Crippen LogP contribution in [0.2, 0.25) is 0 Å². The number of carbonyl (C=O) groups is 2. The highest BCUT2D eigenvalue weighted by Crippen LogP contribution is 2.24. The number of nitrogens with zero attached hydrogens (tertiary/aromatic N) is 7. The summed E-state index contributed by atoms with van der Waals surface area (Å²) in [6.45, 7) is 6.36. The van der Waals surface area contributed by atoms with Gasteiger partial charge < -0.3 is 9.80 Å². The predicted octanol–water partition coefficient (Wildman–Crippen LogP) is 1.60. The number of amides is 2. The molecule has 9 nitrogen and oxygen atoms in total. The van der Waals surface area contributed by atoms with Crippen LogP contribution in [0.5, 0.6) is 0 Å². The van der Waals surface area contributed by atoms with Crippen LogP contribution in [0.4, 0.5) is 17.8 Å². The third kappa shape index (κ3) is 4.45. The van der Waals surface area contributed by atoms with Gasteiger partial charge in [0.15, 0.2) is 0 Å². The molecule has 2 amide bonds. The molecule has 0 aliphatic carbocycles. The lowest BCUT2D eigenvalue weighted by Crippen LogP contribution is -2.47. The van der Waals surface area contributed by atoms with E-state index in [1.54, 1.807) is 7.05 Å². The molecule has 2 fully saturated rings. The lowest BCUT2D eigenvalue weighted by atomic mass is 10.1. The van der Waals surface area contributed by atoms with Gasteiger partial charge in [0.05, 0.1) is 0 Å². The Morgan fingerprint density at radius 3 is 1.52 bits per heavy atom. The van der Waals surface area contributed by atoms with E-state index in [-0.39, 0.29) is 11.8 Å². The van der Waals surface area contributed by atoms with E-state index in [0.717, 1.165) is 56.9 Å². The largest absolute Gasteiger partial charge is 0.341 e. The molecular formula is C18H29N7O2. The lowest BCUT2D eigenvalue weighted by Gasteiger charge is -2.32. The second-order valence-corrected chi connectivity index (χ2v) is 7.20. The molecule has 0 radical (unpaired) electrons. The fourth-order valence-corrected chi connectivity index (χ4v) is 3.69. The number of piperidine rings is 2. The minimum atomic E-state index is -0.371. The fourth-order valence-electron chi connectivity index (χ4n) is 3.69. The molecule has 1 aromatic heterocycles. The highest BCUT2D eigenvalue weighted by atomic mass is 16.2. The molecule has 2 aliphatic rings. The molecule has 0 N–H and O–H groups in total. The maximum absolute atomic E-state index is 11.9. The molecule has 0 bridgehead atoms. The van der Waals surface area contributed by atoms with Crippen molar-refractivity contribution in [1.29, 1.82) is 0 Å². The number of carbonyl (C=O) groups excluding carboxylic acids is 2. The van der Waals surface area contributed by atoms with E-state index in [1.165, 1.54) is 31.7 Å². The van der Waals surface area contributed by atoms with E-state index in [4.69, 9.17) is 4.98 Å². The number of rotatable bonds is 4. The summed E-state index contributed by atoms with van der Waals surface area (Å²) >= 11 is 0. The normalized spacial score (nSPS) is 17.6. The van der Waals surface area contributed by atoms with Gasteiger partial charge in [-0.3, -0.25) is 9.59 Å². The first-order valence-electron chi connectivity index (χ1n) is 9.78. The minimum Gasteiger partial charge on any atom is -0.341 e. The van der Waals surface area contributed by atoms with Crippen molar-refractivity contribution in [2.45, 2.75) is 52.4 Å². The maximum atomic E-state index is 11.9. The van der Waals surface area contributed by atoms with E-state index >= 15 is 0 Å². The van der Waals surface area contributed by atoms with Crippen LogP contribution in [0.25, 0.3) is 0 Å². The Hall–Kier alpha value is -2.45. The molecule has 0 atom stereocenters. The molecule has 3 heterocycles. The smallest absolute Gasteiger partial charge is 0.251 e. The molecule has 2 saturated heterocycles. The number of anilines is 3. The van der Waals surface area contributed by atoms with Gasteiger partial charge in [-0.25, -0.2) is 5.01 Å². The number of hydrogen-bond acceptors (Lipinski definition) is 8. The zero-order valence-electron chi connectivity index (χ0n) is 16.5. The van der Waals surface area contributed by atoms with E-state index < -0.39 is 0 Å². The Morgan fingerprint density at radius 2 is 1.15 bits per heavy atom. The Morgan fingerprint density at radius 1 is 0.741 bits per heavy atom. The van der Waals surface area contributed by atoms with Crippen LogP contribution in [-0.4, -0.2) is 65.0 Å². The van der Waals surface area contributed by atoms with E-state index in [0.29, 0.717) is 17.8 Å². The summed E-state index contributed by atoms with van der Waals surface area (Å²) in [7, 11) is 1.64. The van der Waals surface area contributed by atoms with Crippen LogP contribution in [0.3, 0.4) is 0 Å². The minimum absolute atomic E-state index is 0.316. The first-order chi connectivity index (χ1) is 13.0. The van der Waals surface area contributed by atoms with Gasteiger partial charge in [0, 0.05) is 47.1 Å². The Bertz CT molecular complexity index is 634. The highest BCUT2D eigenvalue weighted by Gasteiger charge is 2.26. The van der Waals surface area contributed by atoms with Crippen molar-refractivity contribution in [2.24, 2.45) is 0 Å². The first-order valence-corrected chi connectivity index (χ1v) is 9.78. The lowest BCUT2D eigenvalue weighted by molar-refractivity contribution is -0.142. The second-order valence-electron chi connectivity index (χ2n) is 7.20. The number of hydrazine groups is 1. The van der Waals surface area contributed by atoms with Crippen LogP contribution >= 0.6 is 0 Å². The highest BCUT2D eigenvalue weighted by molar-refractivity contribution is 5.94. The molecular weight excluding hydrogens is 346 g/mol. The molecule has 148 valence electrons. The Labute approximate surface area is 160 Å². The monoisotopic (exact) mass is 375 g/mol. The van der Waals surface area contributed by atoms with Gasteiger partial charge in [0.25, 0.3) is 5.95 Å². The van der Waals surface area contributed by atoms with Crippen LogP contribution < -0.4 is 14.8 Å². The second kappa shape index (κ2) is 8.49. The van der Waals surface area contributed by atoms with Gasteiger partial charge in [-0.15, -0.1) is 0 Å². The van der Waals surface area contributed by atoms with Crippen molar-refractivity contribution in [3.63, 3.8) is 0 Å². The van der Waals surface area contributed by atoms with Gasteiger partial charge in [0.2, 0.25) is 23.7 Å². The van der Waals surface area contributed by atoms with Gasteiger partial charge in [-0.1, -0.05) is 0 Å². The molecule has 2 aliphatic heterocycles. The van der Waals surface area contributed by atoms with Crippen LogP contribution in [0, 0.1) is 0 Å². The molecule has 0 spiro atoms. The molecule has 3 rings (SSSR count). The van der Waals surface area contributed by atoms with Crippen molar-refractivity contribution in [1.82, 2.24) is 20.0 Å². The van der Waals surface area contributed by atoms with E-state index in [1.807, 2.05) is 0 Å². The Kier molecular flexibility index (Phi) is 6.08. The van der Waals surface area contributed by atoms with Crippen molar-refractivity contribution in [3.8, 4) is 0 Å². The van der Waals surface area contributed by atoms with Crippen molar-refractivity contribution < 1.29 is 9.59 Å². The summed E-state index contributed by atoms with van der Waals surface area (Å²) in [5.41, 5.74) is 0. The third-order valence-electron chi connectivity index (χ3n) is 5.06. The summed E-state index contributed by atoms with van der Waals surface area (Å²) in [5.74, 6) is 0.823. The fraction of sp³-hybridized carbons (Fsp3) is 0.722. The number of hydrogen-bond donors (Lipinski definition) is 0. The van der Waals surface area contributed by atoms with Crippen LogP contribution in [0.1, 0.15) is 52.4 Å². The molecule has 9 heteroatoms. The van der Waals surface area contributed by atoms with Crippen molar-refractivity contribution >= 4 is 29.7 Å². The van der Waals surface area contributed by atoms with Crippen LogP contribution in [-0.2, 0) is 9.59 Å². The summed E-state index contributed by atoms with van der Waals surface area (Å²) < 4.78 is 0. The standard InChI is InChI=1S/C18H29N7O2/c1-14(26)25(15(2)27)22(3)16-19-17(23-10-6-4-7-11-23)21-18(20-16)24-12-8-5-9-13-24/h4-13H2,1-3H3. The van der Waals surface area contributed by atoms with Crippen molar-refractivity contribution in [3.05, 3.63) is 0 Å². The number of aromatic nitrogens is 3. The summed E-state index contributed by atoms with van der Waals surface area (Å²) in [6.07, 6.45) is 6.89.